The van der Waals surface area contributed by atoms with E-state index >= 15 is 0 Å². The first-order chi connectivity index (χ1) is 16.0. The number of ether oxygens (including phenoxy) is 2. The van der Waals surface area contributed by atoms with Crippen LogP contribution in [0.3, 0.4) is 0 Å². The van der Waals surface area contributed by atoms with Crippen molar-refractivity contribution >= 4 is 23.5 Å². The molecule has 9 heteroatoms. The number of amides is 2. The molecule has 2 aromatic carbocycles. The second-order valence-corrected chi connectivity index (χ2v) is 7.88. The number of hydrogen-bond acceptors (Lipinski definition) is 7. The Morgan fingerprint density at radius 3 is 2.67 bits per heavy atom. The second kappa shape index (κ2) is 7.77. The maximum atomic E-state index is 13.4. The molecule has 2 amide bonds. The molecule has 5 rings (SSSR count). The number of aromatic nitrogens is 1. The van der Waals surface area contributed by atoms with Gasteiger partial charge < -0.3 is 18.8 Å². The zero-order valence-corrected chi connectivity index (χ0v) is 18.1. The molecule has 0 bridgehead atoms. The summed E-state index contributed by atoms with van der Waals surface area (Å²) in [6, 6.07) is 14.0. The fourth-order valence-corrected chi connectivity index (χ4v) is 4.39. The Bertz CT molecular complexity index is 1250. The average Bonchev–Trinajstić information content (AvgIpc) is 3.46. The number of carbonyl (C=O) groups excluding carboxylic acids is 3. The third-order valence-corrected chi connectivity index (χ3v) is 6.11. The van der Waals surface area contributed by atoms with Crippen molar-refractivity contribution in [2.45, 2.75) is 25.1 Å². The van der Waals surface area contributed by atoms with Crippen LogP contribution in [0.5, 0.6) is 5.75 Å². The second-order valence-electron chi connectivity index (χ2n) is 7.88. The molecule has 0 radical (unpaired) electrons. The van der Waals surface area contributed by atoms with Crippen molar-refractivity contribution in [1.82, 2.24) is 9.88 Å². The molecule has 0 aliphatic carbocycles. The van der Waals surface area contributed by atoms with Crippen LogP contribution in [0.2, 0.25) is 0 Å². The topological polar surface area (TPSA) is 102 Å². The zero-order chi connectivity index (χ0) is 23.2. The highest BCUT2D eigenvalue weighted by molar-refractivity contribution is 6.15. The van der Waals surface area contributed by atoms with Crippen LogP contribution < -0.4 is 9.64 Å². The SMILES string of the molecule is COc1ccc(-c2nc(COC(=O)C34CCC(=O)N3c3ccccc3C(=O)N4C)co2)cc1. The number of anilines is 1. The van der Waals surface area contributed by atoms with Crippen molar-refractivity contribution in [2.24, 2.45) is 0 Å². The number of likely N-dealkylation sites (N-methyl/N-ethyl adjacent to an activating group) is 1. The lowest BCUT2D eigenvalue weighted by molar-refractivity contribution is -0.158. The Labute approximate surface area is 189 Å². The highest BCUT2D eigenvalue weighted by Crippen LogP contribution is 2.44. The molecule has 1 saturated heterocycles. The Morgan fingerprint density at radius 1 is 1.15 bits per heavy atom. The van der Waals surface area contributed by atoms with Crippen molar-refractivity contribution in [3.8, 4) is 17.2 Å². The molecule has 0 N–H and O–H groups in total. The lowest BCUT2D eigenvalue weighted by Gasteiger charge is -2.46. The number of hydrogen-bond donors (Lipinski definition) is 0. The third-order valence-electron chi connectivity index (χ3n) is 6.11. The molecule has 1 unspecified atom stereocenters. The number of rotatable bonds is 5. The fourth-order valence-electron chi connectivity index (χ4n) is 4.39. The van der Waals surface area contributed by atoms with Gasteiger partial charge in [0.25, 0.3) is 5.91 Å². The number of carbonyl (C=O) groups is 3. The van der Waals surface area contributed by atoms with Crippen LogP contribution in [0.1, 0.15) is 28.9 Å². The Kier molecular flexibility index (Phi) is 4.88. The minimum atomic E-state index is -1.52. The van der Waals surface area contributed by atoms with Gasteiger partial charge in [-0.1, -0.05) is 12.1 Å². The largest absolute Gasteiger partial charge is 0.497 e. The van der Waals surface area contributed by atoms with E-state index in [4.69, 9.17) is 13.9 Å². The summed E-state index contributed by atoms with van der Waals surface area (Å²) in [6.45, 7) is -0.161. The molecule has 3 aromatic rings. The number of methoxy groups -OCH3 is 1. The molecule has 2 aliphatic rings. The van der Waals surface area contributed by atoms with Crippen molar-refractivity contribution in [2.75, 3.05) is 19.1 Å². The highest BCUT2D eigenvalue weighted by Gasteiger charge is 2.60. The van der Waals surface area contributed by atoms with Crippen LogP contribution >= 0.6 is 0 Å². The quantitative estimate of drug-likeness (QED) is 0.554. The minimum absolute atomic E-state index is 0.132. The van der Waals surface area contributed by atoms with Gasteiger partial charge in [-0.2, -0.15) is 0 Å². The van der Waals surface area contributed by atoms with Crippen molar-refractivity contribution in [1.29, 1.82) is 0 Å². The average molecular weight is 447 g/mol. The van der Waals surface area contributed by atoms with Gasteiger partial charge in [0.2, 0.25) is 17.5 Å². The Balaban J connectivity index is 1.38. The van der Waals surface area contributed by atoms with E-state index in [1.807, 2.05) is 12.1 Å². The number of benzene rings is 2. The summed E-state index contributed by atoms with van der Waals surface area (Å²) in [7, 11) is 3.10. The maximum absolute atomic E-state index is 13.4. The smallest absolute Gasteiger partial charge is 0.354 e. The van der Waals surface area contributed by atoms with E-state index in [1.54, 1.807) is 43.5 Å². The standard InChI is InChI=1S/C24H21N3O6/c1-26-22(29)18-5-3-4-6-19(18)27-20(28)11-12-24(26,27)23(30)33-14-16-13-32-21(25-16)15-7-9-17(31-2)10-8-15/h3-10,13H,11-12,14H2,1-2H3. The summed E-state index contributed by atoms with van der Waals surface area (Å²) in [5.41, 5.74) is 0.424. The van der Waals surface area contributed by atoms with E-state index in [-0.39, 0.29) is 31.3 Å². The lowest BCUT2D eigenvalue weighted by Crippen LogP contribution is -2.67. The van der Waals surface area contributed by atoms with Crippen LogP contribution in [-0.4, -0.2) is 47.5 Å². The summed E-state index contributed by atoms with van der Waals surface area (Å²) in [5.74, 6) is -0.174. The van der Waals surface area contributed by atoms with E-state index in [0.717, 1.165) is 5.56 Å². The monoisotopic (exact) mass is 447 g/mol. The number of nitrogens with zero attached hydrogens (tertiary/aromatic N) is 3. The molecule has 1 atom stereocenters. The van der Waals surface area contributed by atoms with Gasteiger partial charge in [0.15, 0.2) is 0 Å². The highest BCUT2D eigenvalue weighted by atomic mass is 16.5. The predicted molar refractivity (Wildman–Crippen MR) is 116 cm³/mol. The third kappa shape index (κ3) is 3.15. The van der Waals surface area contributed by atoms with E-state index in [9.17, 15) is 14.4 Å². The van der Waals surface area contributed by atoms with E-state index in [2.05, 4.69) is 4.98 Å². The summed E-state index contributed by atoms with van der Waals surface area (Å²) in [6.07, 6.45) is 1.69. The number of oxazole rings is 1. The molecule has 3 heterocycles. The molecule has 1 fully saturated rings. The molecular formula is C24H21N3O6. The lowest BCUT2D eigenvalue weighted by atomic mass is 9.97. The maximum Gasteiger partial charge on any atom is 0.354 e. The zero-order valence-electron chi connectivity index (χ0n) is 18.1. The van der Waals surface area contributed by atoms with Crippen LogP contribution in [0.4, 0.5) is 5.69 Å². The van der Waals surface area contributed by atoms with Gasteiger partial charge >= 0.3 is 5.97 Å². The van der Waals surface area contributed by atoms with Gasteiger partial charge in [-0.3, -0.25) is 14.5 Å². The van der Waals surface area contributed by atoms with Gasteiger partial charge in [0.05, 0.1) is 18.4 Å². The molecule has 2 aliphatic heterocycles. The van der Waals surface area contributed by atoms with Crippen LogP contribution in [-0.2, 0) is 20.9 Å². The first-order valence-corrected chi connectivity index (χ1v) is 10.4. The minimum Gasteiger partial charge on any atom is -0.497 e. The Morgan fingerprint density at radius 2 is 1.91 bits per heavy atom. The first-order valence-electron chi connectivity index (χ1n) is 10.4. The van der Waals surface area contributed by atoms with E-state index < -0.39 is 11.6 Å². The Hall–Kier alpha value is -4.14. The van der Waals surface area contributed by atoms with E-state index in [1.165, 1.54) is 23.1 Å². The molecule has 1 aromatic heterocycles. The number of fused-ring (bicyclic) bond motifs is 3. The summed E-state index contributed by atoms with van der Waals surface area (Å²) in [5, 5.41) is 0. The van der Waals surface area contributed by atoms with Gasteiger partial charge in [-0.05, 0) is 36.4 Å². The molecule has 33 heavy (non-hydrogen) atoms. The number of esters is 1. The summed E-state index contributed by atoms with van der Waals surface area (Å²) < 4.78 is 16.2. The van der Waals surface area contributed by atoms with Crippen LogP contribution in [0.15, 0.2) is 59.2 Å². The van der Waals surface area contributed by atoms with Crippen molar-refractivity contribution in [3.05, 3.63) is 66.1 Å². The van der Waals surface area contributed by atoms with Crippen LogP contribution in [0.25, 0.3) is 11.5 Å². The van der Waals surface area contributed by atoms with Gasteiger partial charge in [0.1, 0.15) is 24.3 Å². The van der Waals surface area contributed by atoms with Crippen molar-refractivity contribution < 1.29 is 28.3 Å². The number of para-hydroxylation sites is 1. The van der Waals surface area contributed by atoms with Crippen molar-refractivity contribution in [3.63, 3.8) is 0 Å². The fraction of sp³-hybridized carbons (Fsp3) is 0.250. The van der Waals surface area contributed by atoms with Gasteiger partial charge in [-0.25, -0.2) is 9.78 Å². The van der Waals surface area contributed by atoms with Gasteiger partial charge in [0, 0.05) is 25.5 Å². The molecule has 0 spiro atoms. The predicted octanol–water partition coefficient (Wildman–Crippen LogP) is 3.00. The van der Waals surface area contributed by atoms with E-state index in [0.29, 0.717) is 28.6 Å². The van der Waals surface area contributed by atoms with Gasteiger partial charge in [-0.15, -0.1) is 0 Å². The molecule has 0 saturated carbocycles. The molecular weight excluding hydrogens is 426 g/mol. The summed E-state index contributed by atoms with van der Waals surface area (Å²) >= 11 is 0. The molecule has 168 valence electrons. The summed E-state index contributed by atoms with van der Waals surface area (Å²) in [4.78, 5) is 46.2. The first kappa shape index (κ1) is 20.7. The van der Waals surface area contributed by atoms with Crippen LogP contribution in [0, 0.1) is 0 Å². The molecule has 9 nitrogen and oxygen atoms in total. The normalized spacial score (nSPS) is 19.3.